The van der Waals surface area contributed by atoms with Crippen molar-refractivity contribution in [1.82, 2.24) is 15.3 Å². The van der Waals surface area contributed by atoms with Gasteiger partial charge in [-0.15, -0.1) is 0 Å². The minimum absolute atomic E-state index is 0.371. The number of amides is 1. The third-order valence-corrected chi connectivity index (χ3v) is 1.61. The number of aromatic nitrogens is 2. The monoisotopic (exact) mass is 197 g/mol. The quantitative estimate of drug-likeness (QED) is 0.493. The molecule has 6 nitrogen and oxygen atoms in total. The molecule has 0 aromatic carbocycles. The molecule has 0 radical (unpaired) electrons. The SMILES string of the molecule is COC(=O)C(=O)NCCc1cnc[nH]1. The predicted molar refractivity (Wildman–Crippen MR) is 47.3 cm³/mol. The van der Waals surface area contributed by atoms with Crippen molar-refractivity contribution >= 4 is 11.9 Å². The van der Waals surface area contributed by atoms with Crippen LogP contribution in [0.15, 0.2) is 12.5 Å². The van der Waals surface area contributed by atoms with E-state index in [4.69, 9.17) is 0 Å². The number of hydrogen-bond acceptors (Lipinski definition) is 4. The zero-order valence-corrected chi connectivity index (χ0v) is 7.74. The number of methoxy groups -OCH3 is 1. The Morgan fingerprint density at radius 1 is 1.64 bits per heavy atom. The molecule has 0 atom stereocenters. The van der Waals surface area contributed by atoms with Gasteiger partial charge in [0.1, 0.15) is 0 Å². The molecule has 0 aliphatic heterocycles. The normalized spacial score (nSPS) is 9.50. The molecule has 0 unspecified atom stereocenters. The van der Waals surface area contributed by atoms with Crippen LogP contribution < -0.4 is 5.32 Å². The van der Waals surface area contributed by atoms with Crippen molar-refractivity contribution in [3.8, 4) is 0 Å². The van der Waals surface area contributed by atoms with Crippen molar-refractivity contribution in [2.75, 3.05) is 13.7 Å². The van der Waals surface area contributed by atoms with E-state index >= 15 is 0 Å². The molecule has 1 rings (SSSR count). The fourth-order valence-corrected chi connectivity index (χ4v) is 0.897. The summed E-state index contributed by atoms with van der Waals surface area (Å²) in [7, 11) is 1.16. The van der Waals surface area contributed by atoms with Crippen LogP contribution in [0.1, 0.15) is 5.69 Å². The van der Waals surface area contributed by atoms with Crippen molar-refractivity contribution in [2.45, 2.75) is 6.42 Å². The lowest BCUT2D eigenvalue weighted by atomic mass is 10.3. The van der Waals surface area contributed by atoms with Crippen LogP contribution in [-0.4, -0.2) is 35.5 Å². The van der Waals surface area contributed by atoms with Gasteiger partial charge in [-0.05, 0) is 0 Å². The minimum atomic E-state index is -0.880. The van der Waals surface area contributed by atoms with Crippen molar-refractivity contribution in [1.29, 1.82) is 0 Å². The number of ether oxygens (including phenoxy) is 1. The van der Waals surface area contributed by atoms with Crippen LogP contribution in [0, 0.1) is 0 Å². The van der Waals surface area contributed by atoms with Crippen molar-refractivity contribution in [3.63, 3.8) is 0 Å². The van der Waals surface area contributed by atoms with Gasteiger partial charge in [0.2, 0.25) is 0 Å². The highest BCUT2D eigenvalue weighted by atomic mass is 16.5. The van der Waals surface area contributed by atoms with E-state index in [1.165, 1.54) is 0 Å². The number of imidazole rings is 1. The van der Waals surface area contributed by atoms with E-state index < -0.39 is 11.9 Å². The average molecular weight is 197 g/mol. The van der Waals surface area contributed by atoms with E-state index in [1.807, 2.05) is 0 Å². The lowest BCUT2D eigenvalue weighted by Crippen LogP contribution is -2.33. The Kier molecular flexibility index (Phi) is 3.66. The molecule has 6 heteroatoms. The molecule has 2 N–H and O–H groups in total. The van der Waals surface area contributed by atoms with E-state index in [9.17, 15) is 9.59 Å². The van der Waals surface area contributed by atoms with Gasteiger partial charge < -0.3 is 15.0 Å². The van der Waals surface area contributed by atoms with Crippen molar-refractivity contribution in [2.24, 2.45) is 0 Å². The molecule has 1 amide bonds. The summed E-state index contributed by atoms with van der Waals surface area (Å²) in [6.45, 7) is 0.371. The predicted octanol–water partition coefficient (Wildman–Crippen LogP) is -0.759. The van der Waals surface area contributed by atoms with Gasteiger partial charge in [-0.25, -0.2) is 9.78 Å². The lowest BCUT2D eigenvalue weighted by Gasteiger charge is -2.01. The maximum atomic E-state index is 10.9. The highest BCUT2D eigenvalue weighted by molar-refractivity contribution is 6.32. The number of nitrogens with zero attached hydrogens (tertiary/aromatic N) is 1. The molecule has 1 aromatic rings. The fourth-order valence-electron chi connectivity index (χ4n) is 0.897. The fraction of sp³-hybridized carbons (Fsp3) is 0.375. The Labute approximate surface area is 80.7 Å². The second kappa shape index (κ2) is 5.00. The van der Waals surface area contributed by atoms with Gasteiger partial charge >= 0.3 is 11.9 Å². The number of rotatable bonds is 3. The van der Waals surface area contributed by atoms with Crippen LogP contribution in [0.5, 0.6) is 0 Å². The van der Waals surface area contributed by atoms with E-state index in [0.29, 0.717) is 13.0 Å². The van der Waals surface area contributed by atoms with Crippen LogP contribution in [0.4, 0.5) is 0 Å². The number of hydrogen-bond donors (Lipinski definition) is 2. The first-order chi connectivity index (χ1) is 6.74. The Hall–Kier alpha value is -1.85. The molecule has 0 bridgehead atoms. The summed E-state index contributed by atoms with van der Waals surface area (Å²) < 4.78 is 4.23. The van der Waals surface area contributed by atoms with Crippen molar-refractivity contribution < 1.29 is 14.3 Å². The summed E-state index contributed by atoms with van der Waals surface area (Å²) >= 11 is 0. The summed E-state index contributed by atoms with van der Waals surface area (Å²) in [5, 5.41) is 2.41. The molecule has 0 fully saturated rings. The first-order valence-electron chi connectivity index (χ1n) is 4.07. The third kappa shape index (κ3) is 2.89. The molecule has 1 heterocycles. The Morgan fingerprint density at radius 2 is 2.43 bits per heavy atom. The number of carbonyl (C=O) groups excluding carboxylic acids is 2. The zero-order chi connectivity index (χ0) is 10.4. The first kappa shape index (κ1) is 10.2. The summed E-state index contributed by atoms with van der Waals surface area (Å²) in [6.07, 6.45) is 3.81. The maximum absolute atomic E-state index is 10.9. The van der Waals surface area contributed by atoms with Gasteiger partial charge in [-0.3, -0.25) is 4.79 Å². The molecule has 0 saturated carbocycles. The average Bonchev–Trinajstić information content (AvgIpc) is 2.69. The summed E-state index contributed by atoms with van der Waals surface area (Å²) in [4.78, 5) is 28.2. The second-order valence-electron chi connectivity index (χ2n) is 2.57. The molecule has 0 spiro atoms. The highest BCUT2D eigenvalue weighted by Gasteiger charge is 2.11. The summed E-state index contributed by atoms with van der Waals surface area (Å²) in [6, 6.07) is 0. The van der Waals surface area contributed by atoms with E-state index in [0.717, 1.165) is 12.8 Å². The Bertz CT molecular complexity index is 308. The summed E-state index contributed by atoms with van der Waals surface area (Å²) in [5.41, 5.74) is 0.898. The van der Waals surface area contributed by atoms with Crippen LogP contribution in [-0.2, 0) is 20.7 Å². The van der Waals surface area contributed by atoms with Crippen LogP contribution in [0.25, 0.3) is 0 Å². The number of aromatic amines is 1. The van der Waals surface area contributed by atoms with Crippen LogP contribution in [0.2, 0.25) is 0 Å². The lowest BCUT2D eigenvalue weighted by molar-refractivity contribution is -0.152. The van der Waals surface area contributed by atoms with Gasteiger partial charge in [0.25, 0.3) is 0 Å². The van der Waals surface area contributed by atoms with Crippen molar-refractivity contribution in [3.05, 3.63) is 18.2 Å². The Balaban J connectivity index is 2.22. The van der Waals surface area contributed by atoms with Gasteiger partial charge in [0.15, 0.2) is 0 Å². The standard InChI is InChI=1S/C8H11N3O3/c1-14-8(13)7(12)10-3-2-6-4-9-5-11-6/h4-5H,2-3H2,1H3,(H,9,11)(H,10,12). The molecule has 0 aliphatic rings. The maximum Gasteiger partial charge on any atom is 0.396 e. The van der Waals surface area contributed by atoms with E-state index in [-0.39, 0.29) is 0 Å². The zero-order valence-electron chi connectivity index (χ0n) is 7.74. The largest absolute Gasteiger partial charge is 0.462 e. The molecule has 0 aliphatic carbocycles. The molecule has 76 valence electrons. The van der Waals surface area contributed by atoms with Gasteiger partial charge in [0, 0.05) is 24.9 Å². The van der Waals surface area contributed by atoms with E-state index in [2.05, 4.69) is 20.0 Å². The van der Waals surface area contributed by atoms with Gasteiger partial charge in [0.05, 0.1) is 13.4 Å². The third-order valence-electron chi connectivity index (χ3n) is 1.61. The highest BCUT2D eigenvalue weighted by Crippen LogP contribution is 1.90. The van der Waals surface area contributed by atoms with Gasteiger partial charge in [-0.1, -0.05) is 0 Å². The van der Waals surface area contributed by atoms with Gasteiger partial charge in [-0.2, -0.15) is 0 Å². The number of carbonyl (C=O) groups is 2. The van der Waals surface area contributed by atoms with Crippen LogP contribution in [0.3, 0.4) is 0 Å². The Morgan fingerprint density at radius 3 is 3.00 bits per heavy atom. The first-order valence-corrected chi connectivity index (χ1v) is 4.07. The number of H-pyrrole nitrogens is 1. The molecular weight excluding hydrogens is 186 g/mol. The molecule has 0 saturated heterocycles. The minimum Gasteiger partial charge on any atom is -0.462 e. The molecule has 1 aromatic heterocycles. The summed E-state index contributed by atoms with van der Waals surface area (Å²) in [5.74, 6) is -1.61. The van der Waals surface area contributed by atoms with Crippen LogP contribution >= 0.6 is 0 Å². The number of nitrogens with one attached hydrogen (secondary N) is 2. The molecule has 14 heavy (non-hydrogen) atoms. The topological polar surface area (TPSA) is 84.1 Å². The second-order valence-corrected chi connectivity index (χ2v) is 2.57. The molecular formula is C8H11N3O3. The van der Waals surface area contributed by atoms with E-state index in [1.54, 1.807) is 12.5 Å². The smallest absolute Gasteiger partial charge is 0.396 e. The number of esters is 1.